The molecule has 4 nitrogen and oxygen atoms in total. The molecule has 1 unspecified atom stereocenters. The van der Waals surface area contributed by atoms with Gasteiger partial charge in [0, 0.05) is 13.0 Å². The fraction of sp³-hybridized carbons (Fsp3) is 0.364. The minimum atomic E-state index is -0.902. The third-order valence-corrected chi connectivity index (χ3v) is 2.17. The molecule has 4 heteroatoms. The van der Waals surface area contributed by atoms with Crippen LogP contribution in [0, 0.1) is 0 Å². The van der Waals surface area contributed by atoms with Gasteiger partial charge in [-0.3, -0.25) is 4.79 Å². The summed E-state index contributed by atoms with van der Waals surface area (Å²) < 4.78 is 4.94. The highest BCUT2D eigenvalue weighted by molar-refractivity contribution is 5.68. The number of carbonyl (C=O) groups is 1. The van der Waals surface area contributed by atoms with E-state index in [1.165, 1.54) is 7.11 Å². The lowest BCUT2D eigenvalue weighted by Crippen LogP contribution is -2.11. The Morgan fingerprint density at radius 1 is 1.47 bits per heavy atom. The van der Waals surface area contributed by atoms with E-state index in [4.69, 9.17) is 9.84 Å². The lowest BCUT2D eigenvalue weighted by molar-refractivity contribution is -0.137. The molecular formula is C11H14O4. The topological polar surface area (TPSA) is 66.8 Å². The van der Waals surface area contributed by atoms with Crippen molar-refractivity contribution in [3.8, 4) is 5.75 Å². The number of carboxylic acid groups (broad SMARTS) is 1. The molecular weight excluding hydrogens is 196 g/mol. The van der Waals surface area contributed by atoms with E-state index in [-0.39, 0.29) is 24.7 Å². The van der Waals surface area contributed by atoms with E-state index in [0.717, 1.165) is 0 Å². The van der Waals surface area contributed by atoms with Gasteiger partial charge in [0.25, 0.3) is 0 Å². The molecule has 0 aliphatic heterocycles. The second kappa shape index (κ2) is 5.36. The highest BCUT2D eigenvalue weighted by Gasteiger charge is 2.18. The summed E-state index contributed by atoms with van der Waals surface area (Å²) in [6, 6.07) is 6.71. The molecule has 0 heterocycles. The fourth-order valence-corrected chi connectivity index (χ4v) is 1.50. The van der Waals surface area contributed by atoms with E-state index in [9.17, 15) is 9.90 Å². The van der Waals surface area contributed by atoms with Crippen molar-refractivity contribution in [3.63, 3.8) is 0 Å². The lowest BCUT2D eigenvalue weighted by atomic mass is 9.96. The lowest BCUT2D eigenvalue weighted by Gasteiger charge is -2.15. The van der Waals surface area contributed by atoms with Crippen molar-refractivity contribution in [1.29, 1.82) is 0 Å². The third-order valence-electron chi connectivity index (χ3n) is 2.17. The molecule has 0 aliphatic rings. The van der Waals surface area contributed by atoms with Gasteiger partial charge in [-0.2, -0.15) is 0 Å². The van der Waals surface area contributed by atoms with Crippen LogP contribution in [0.25, 0.3) is 0 Å². The monoisotopic (exact) mass is 210 g/mol. The molecule has 0 amide bonds. The number of para-hydroxylation sites is 1. The molecule has 0 aliphatic carbocycles. The maximum absolute atomic E-state index is 10.6. The van der Waals surface area contributed by atoms with Crippen LogP contribution in [-0.4, -0.2) is 29.9 Å². The van der Waals surface area contributed by atoms with Crippen LogP contribution >= 0.6 is 0 Å². The van der Waals surface area contributed by atoms with Gasteiger partial charge in [0.15, 0.2) is 0 Å². The Labute approximate surface area is 88.1 Å². The second-order valence-corrected chi connectivity index (χ2v) is 3.31. The summed E-state index contributed by atoms with van der Waals surface area (Å²) in [5.41, 5.74) is 0.613. The fourth-order valence-electron chi connectivity index (χ4n) is 1.50. The molecule has 2 N–H and O–H groups in total. The molecule has 0 saturated carbocycles. The van der Waals surface area contributed by atoms with Crippen LogP contribution in [0.5, 0.6) is 5.75 Å². The van der Waals surface area contributed by atoms with Crippen LogP contribution in [0.15, 0.2) is 24.3 Å². The Kier molecular flexibility index (Phi) is 4.12. The first kappa shape index (κ1) is 11.5. The summed E-state index contributed by atoms with van der Waals surface area (Å²) in [4.78, 5) is 10.6. The van der Waals surface area contributed by atoms with E-state index < -0.39 is 5.97 Å². The normalized spacial score (nSPS) is 12.3. The number of carboxylic acids is 1. The first-order valence-corrected chi connectivity index (χ1v) is 4.63. The third kappa shape index (κ3) is 3.25. The first-order valence-electron chi connectivity index (χ1n) is 4.63. The Balaban J connectivity index is 2.88. The van der Waals surface area contributed by atoms with Crippen molar-refractivity contribution in [1.82, 2.24) is 0 Å². The van der Waals surface area contributed by atoms with Crippen LogP contribution in [0.4, 0.5) is 0 Å². The molecule has 15 heavy (non-hydrogen) atoms. The van der Waals surface area contributed by atoms with E-state index in [1.54, 1.807) is 24.3 Å². The number of aliphatic carboxylic acids is 1. The van der Waals surface area contributed by atoms with Crippen molar-refractivity contribution in [2.45, 2.75) is 12.3 Å². The standard InChI is InChI=1S/C11H14O4/c1-15-7-8(6-11(13)14)9-4-2-3-5-10(9)12/h2-5,8,12H,6-7H2,1H3,(H,13,14). The smallest absolute Gasteiger partial charge is 0.304 e. The van der Waals surface area contributed by atoms with E-state index >= 15 is 0 Å². The van der Waals surface area contributed by atoms with Crippen LogP contribution < -0.4 is 0 Å². The number of ether oxygens (including phenoxy) is 1. The number of methoxy groups -OCH3 is 1. The van der Waals surface area contributed by atoms with Crippen molar-refractivity contribution in [2.75, 3.05) is 13.7 Å². The Bertz CT molecular complexity index is 335. The van der Waals surface area contributed by atoms with Crippen molar-refractivity contribution >= 4 is 5.97 Å². The largest absolute Gasteiger partial charge is 0.508 e. The van der Waals surface area contributed by atoms with Crippen LogP contribution in [0.2, 0.25) is 0 Å². The number of phenols is 1. The second-order valence-electron chi connectivity index (χ2n) is 3.31. The Hall–Kier alpha value is -1.55. The zero-order valence-corrected chi connectivity index (χ0v) is 8.51. The molecule has 1 aromatic rings. The summed E-state index contributed by atoms with van der Waals surface area (Å²) in [5, 5.41) is 18.3. The van der Waals surface area contributed by atoms with Gasteiger partial charge in [-0.1, -0.05) is 18.2 Å². The first-order chi connectivity index (χ1) is 7.15. The number of aromatic hydroxyl groups is 1. The summed E-state index contributed by atoms with van der Waals surface area (Å²) in [5.74, 6) is -1.10. The van der Waals surface area contributed by atoms with E-state index in [0.29, 0.717) is 5.56 Å². The highest BCUT2D eigenvalue weighted by Crippen LogP contribution is 2.28. The molecule has 0 aromatic heterocycles. The molecule has 1 rings (SSSR count). The van der Waals surface area contributed by atoms with Crippen molar-refractivity contribution < 1.29 is 19.7 Å². The van der Waals surface area contributed by atoms with E-state index in [2.05, 4.69) is 0 Å². The number of phenolic OH excluding ortho intramolecular Hbond substituents is 1. The average molecular weight is 210 g/mol. The Morgan fingerprint density at radius 2 is 2.13 bits per heavy atom. The molecule has 82 valence electrons. The molecule has 0 spiro atoms. The molecule has 0 saturated heterocycles. The van der Waals surface area contributed by atoms with Crippen molar-refractivity contribution in [2.24, 2.45) is 0 Å². The van der Waals surface area contributed by atoms with Gasteiger partial charge in [-0.15, -0.1) is 0 Å². The Morgan fingerprint density at radius 3 is 2.67 bits per heavy atom. The molecule has 0 fully saturated rings. The zero-order chi connectivity index (χ0) is 11.3. The minimum Gasteiger partial charge on any atom is -0.508 e. The quantitative estimate of drug-likeness (QED) is 0.774. The van der Waals surface area contributed by atoms with E-state index in [1.807, 2.05) is 0 Å². The summed E-state index contributed by atoms with van der Waals surface area (Å²) in [6.07, 6.45) is -0.0502. The maximum Gasteiger partial charge on any atom is 0.304 e. The molecule has 0 bridgehead atoms. The van der Waals surface area contributed by atoms with Gasteiger partial charge in [0.1, 0.15) is 5.75 Å². The van der Waals surface area contributed by atoms with Gasteiger partial charge in [0.05, 0.1) is 13.0 Å². The van der Waals surface area contributed by atoms with Gasteiger partial charge in [-0.05, 0) is 11.6 Å². The van der Waals surface area contributed by atoms with Crippen LogP contribution in [0.1, 0.15) is 17.9 Å². The number of hydrogen-bond donors (Lipinski definition) is 2. The number of rotatable bonds is 5. The van der Waals surface area contributed by atoms with Crippen LogP contribution in [0.3, 0.4) is 0 Å². The molecule has 1 atom stereocenters. The summed E-state index contributed by atoms with van der Waals surface area (Å²) >= 11 is 0. The van der Waals surface area contributed by atoms with Gasteiger partial charge in [-0.25, -0.2) is 0 Å². The van der Waals surface area contributed by atoms with Gasteiger partial charge in [0.2, 0.25) is 0 Å². The minimum absolute atomic E-state index is 0.0502. The molecule has 0 radical (unpaired) electrons. The maximum atomic E-state index is 10.6. The van der Waals surface area contributed by atoms with Crippen molar-refractivity contribution in [3.05, 3.63) is 29.8 Å². The zero-order valence-electron chi connectivity index (χ0n) is 8.51. The number of benzene rings is 1. The van der Waals surface area contributed by atoms with Crippen LogP contribution in [-0.2, 0) is 9.53 Å². The van der Waals surface area contributed by atoms with Gasteiger partial charge >= 0.3 is 5.97 Å². The summed E-state index contributed by atoms with van der Waals surface area (Å²) in [7, 11) is 1.51. The average Bonchev–Trinajstić information content (AvgIpc) is 2.17. The predicted molar refractivity (Wildman–Crippen MR) is 55.0 cm³/mol. The van der Waals surface area contributed by atoms with Gasteiger partial charge < -0.3 is 14.9 Å². The molecule has 1 aromatic carbocycles. The predicted octanol–water partition coefficient (Wildman–Crippen LogP) is 1.60. The highest BCUT2D eigenvalue weighted by atomic mass is 16.5. The SMILES string of the molecule is COCC(CC(=O)O)c1ccccc1O. The summed E-state index contributed by atoms with van der Waals surface area (Å²) in [6.45, 7) is 0.282. The number of hydrogen-bond acceptors (Lipinski definition) is 3.